The molecular weight excluding hydrogens is 408 g/mol. The highest BCUT2D eigenvalue weighted by molar-refractivity contribution is 7.99. The van der Waals surface area contributed by atoms with Crippen molar-refractivity contribution in [2.75, 3.05) is 19.0 Å². The van der Waals surface area contributed by atoms with Gasteiger partial charge in [0.05, 0.1) is 13.2 Å². The number of nitrogens with zero attached hydrogens (tertiary/aromatic N) is 3. The van der Waals surface area contributed by atoms with Crippen LogP contribution in [0.3, 0.4) is 0 Å². The van der Waals surface area contributed by atoms with Gasteiger partial charge in [-0.1, -0.05) is 23.4 Å². The zero-order chi connectivity index (χ0) is 20.3. The van der Waals surface area contributed by atoms with E-state index < -0.39 is 17.4 Å². The number of aliphatic hydroxyl groups excluding tert-OH is 2. The Morgan fingerprint density at radius 2 is 2.04 bits per heavy atom. The summed E-state index contributed by atoms with van der Waals surface area (Å²) in [6.07, 6.45) is -0.946. The summed E-state index contributed by atoms with van der Waals surface area (Å²) < 4.78 is 8.31. The Morgan fingerprint density at radius 3 is 2.71 bits per heavy atom. The summed E-state index contributed by atoms with van der Waals surface area (Å²) in [5.41, 5.74) is -0.784. The molecule has 1 unspecified atom stereocenters. The van der Waals surface area contributed by atoms with Gasteiger partial charge in [0.25, 0.3) is 5.56 Å². The highest BCUT2D eigenvalue weighted by Gasteiger charge is 2.20. The van der Waals surface area contributed by atoms with Crippen molar-refractivity contribution in [3.05, 3.63) is 50.1 Å². The van der Waals surface area contributed by atoms with Crippen molar-refractivity contribution < 1.29 is 14.9 Å². The minimum atomic E-state index is -0.946. The molecule has 0 fully saturated rings. The summed E-state index contributed by atoms with van der Waals surface area (Å²) in [4.78, 5) is 30.7. The van der Waals surface area contributed by atoms with E-state index in [1.165, 1.54) is 27.9 Å². The van der Waals surface area contributed by atoms with Crippen LogP contribution in [0.15, 0.2) is 39.0 Å². The van der Waals surface area contributed by atoms with E-state index in [1.807, 2.05) is 0 Å². The fourth-order valence-electron chi connectivity index (χ4n) is 2.62. The number of thioether (sulfide) groups is 1. The van der Waals surface area contributed by atoms with Crippen molar-refractivity contribution in [3.8, 4) is 5.75 Å². The van der Waals surface area contributed by atoms with Gasteiger partial charge in [-0.05, 0) is 24.3 Å². The zero-order valence-electron chi connectivity index (χ0n) is 15.0. The van der Waals surface area contributed by atoms with Gasteiger partial charge >= 0.3 is 5.69 Å². The third kappa shape index (κ3) is 4.41. The maximum Gasteiger partial charge on any atom is 0.329 e. The van der Waals surface area contributed by atoms with Crippen LogP contribution in [0, 0.1) is 0 Å². The maximum absolute atomic E-state index is 12.3. The number of aromatic amines is 1. The molecule has 0 aliphatic rings. The Hall–Kier alpha value is -2.27. The first-order valence-electron chi connectivity index (χ1n) is 8.40. The van der Waals surface area contributed by atoms with Crippen LogP contribution in [0.1, 0.15) is 0 Å². The first kappa shape index (κ1) is 20.5. The molecule has 3 rings (SSSR count). The SMILES string of the molecule is Cn1c(=O)[nH]c(=O)c2c1nc(SCCO)n2CC(O)COc1ccc(Cl)cc1. The van der Waals surface area contributed by atoms with E-state index in [-0.39, 0.29) is 30.9 Å². The van der Waals surface area contributed by atoms with Crippen LogP contribution in [-0.4, -0.2) is 54.4 Å². The molecule has 1 aromatic carbocycles. The average Bonchev–Trinajstić information content (AvgIpc) is 3.03. The molecular formula is C17H19ClN4O5S. The molecule has 0 saturated heterocycles. The van der Waals surface area contributed by atoms with Crippen molar-refractivity contribution >= 4 is 34.5 Å². The third-order valence-electron chi connectivity index (χ3n) is 3.94. The summed E-state index contributed by atoms with van der Waals surface area (Å²) in [5, 5.41) is 20.5. The summed E-state index contributed by atoms with van der Waals surface area (Å²) in [6.45, 7) is -0.0698. The van der Waals surface area contributed by atoms with E-state index in [4.69, 9.17) is 21.4 Å². The van der Waals surface area contributed by atoms with Crippen molar-refractivity contribution in [3.63, 3.8) is 0 Å². The normalized spacial score (nSPS) is 12.4. The van der Waals surface area contributed by atoms with Crippen molar-refractivity contribution in [2.24, 2.45) is 7.05 Å². The lowest BCUT2D eigenvalue weighted by Gasteiger charge is -2.15. The zero-order valence-corrected chi connectivity index (χ0v) is 16.5. The second-order valence-electron chi connectivity index (χ2n) is 5.99. The summed E-state index contributed by atoms with van der Waals surface area (Å²) in [5.74, 6) is 0.904. The summed E-state index contributed by atoms with van der Waals surface area (Å²) in [7, 11) is 1.50. The first-order valence-corrected chi connectivity index (χ1v) is 9.76. The van der Waals surface area contributed by atoms with Crippen LogP contribution >= 0.6 is 23.4 Å². The summed E-state index contributed by atoms with van der Waals surface area (Å²) in [6, 6.07) is 6.72. The Kier molecular flexibility index (Phi) is 6.45. The van der Waals surface area contributed by atoms with E-state index in [2.05, 4.69) is 9.97 Å². The van der Waals surface area contributed by atoms with Gasteiger partial charge in [0.2, 0.25) is 0 Å². The number of aliphatic hydroxyl groups is 2. The van der Waals surface area contributed by atoms with Crippen molar-refractivity contribution in [1.29, 1.82) is 0 Å². The van der Waals surface area contributed by atoms with Crippen LogP contribution < -0.4 is 16.0 Å². The Balaban J connectivity index is 1.87. The van der Waals surface area contributed by atoms with Gasteiger partial charge in [0, 0.05) is 17.8 Å². The number of fused-ring (bicyclic) bond motifs is 1. The minimum Gasteiger partial charge on any atom is -0.491 e. The van der Waals surface area contributed by atoms with Crippen LogP contribution in [0.4, 0.5) is 0 Å². The van der Waals surface area contributed by atoms with Gasteiger partial charge in [-0.25, -0.2) is 9.78 Å². The highest BCUT2D eigenvalue weighted by atomic mass is 35.5. The number of aryl methyl sites for hydroxylation is 1. The molecule has 0 saturated carbocycles. The number of benzene rings is 1. The molecule has 9 nitrogen and oxygen atoms in total. The number of aromatic nitrogens is 4. The number of halogens is 1. The van der Waals surface area contributed by atoms with Gasteiger partial charge < -0.3 is 19.5 Å². The molecule has 2 aromatic heterocycles. The van der Waals surface area contributed by atoms with E-state index in [0.29, 0.717) is 21.7 Å². The molecule has 0 spiro atoms. The van der Waals surface area contributed by atoms with E-state index in [9.17, 15) is 14.7 Å². The lowest BCUT2D eigenvalue weighted by Crippen LogP contribution is -2.30. The number of rotatable bonds is 8. The number of nitrogens with one attached hydrogen (secondary N) is 1. The van der Waals surface area contributed by atoms with Crippen LogP contribution in [-0.2, 0) is 13.6 Å². The van der Waals surface area contributed by atoms with Gasteiger partial charge in [-0.3, -0.25) is 14.3 Å². The quantitative estimate of drug-likeness (QED) is 0.451. The standard InChI is InChI=1S/C17H19ClN4O5S/c1-21-14-13(15(25)20-16(21)26)22(17(19-14)28-7-6-23)8-11(24)9-27-12-4-2-10(18)3-5-12/h2-5,11,23-24H,6-9H2,1H3,(H,20,25,26). The number of hydrogen-bond acceptors (Lipinski definition) is 7. The first-order chi connectivity index (χ1) is 13.4. The lowest BCUT2D eigenvalue weighted by molar-refractivity contribution is 0.0914. The van der Waals surface area contributed by atoms with Gasteiger partial charge in [-0.2, -0.15) is 0 Å². The second-order valence-corrected chi connectivity index (χ2v) is 7.48. The predicted molar refractivity (Wildman–Crippen MR) is 106 cm³/mol. The van der Waals surface area contributed by atoms with Crippen molar-refractivity contribution in [1.82, 2.24) is 19.1 Å². The molecule has 0 amide bonds. The van der Waals surface area contributed by atoms with Gasteiger partial charge in [0.1, 0.15) is 18.5 Å². The number of H-pyrrole nitrogens is 1. The Morgan fingerprint density at radius 1 is 1.32 bits per heavy atom. The molecule has 0 aliphatic carbocycles. The topological polar surface area (TPSA) is 122 Å². The van der Waals surface area contributed by atoms with E-state index in [1.54, 1.807) is 24.3 Å². The predicted octanol–water partition coefficient (Wildman–Crippen LogP) is 0.601. The van der Waals surface area contributed by atoms with Crippen LogP contribution in [0.2, 0.25) is 5.02 Å². The summed E-state index contributed by atoms with van der Waals surface area (Å²) >= 11 is 7.05. The smallest absolute Gasteiger partial charge is 0.329 e. The molecule has 0 aliphatic heterocycles. The van der Waals surface area contributed by atoms with Gasteiger partial charge in [0.15, 0.2) is 16.3 Å². The highest BCUT2D eigenvalue weighted by Crippen LogP contribution is 2.22. The fraction of sp³-hybridized carbons (Fsp3) is 0.353. The minimum absolute atomic E-state index is 0.0188. The monoisotopic (exact) mass is 426 g/mol. The Labute approximate surface area is 168 Å². The lowest BCUT2D eigenvalue weighted by atomic mass is 10.3. The number of ether oxygens (including phenoxy) is 1. The molecule has 0 radical (unpaired) electrons. The van der Waals surface area contributed by atoms with E-state index >= 15 is 0 Å². The average molecular weight is 427 g/mol. The molecule has 11 heteroatoms. The van der Waals surface area contributed by atoms with Crippen LogP contribution in [0.5, 0.6) is 5.75 Å². The molecule has 150 valence electrons. The largest absolute Gasteiger partial charge is 0.491 e. The maximum atomic E-state index is 12.3. The Bertz CT molecular complexity index is 1080. The molecule has 3 aromatic rings. The molecule has 3 N–H and O–H groups in total. The molecule has 28 heavy (non-hydrogen) atoms. The van der Waals surface area contributed by atoms with Crippen molar-refractivity contribution in [2.45, 2.75) is 17.8 Å². The van der Waals surface area contributed by atoms with Gasteiger partial charge in [-0.15, -0.1) is 0 Å². The second kappa shape index (κ2) is 8.82. The number of imidazole rings is 1. The number of hydrogen-bond donors (Lipinski definition) is 3. The third-order valence-corrected chi connectivity index (χ3v) is 5.15. The molecule has 2 heterocycles. The van der Waals surface area contributed by atoms with Crippen LogP contribution in [0.25, 0.3) is 11.2 Å². The fourth-order valence-corrected chi connectivity index (χ4v) is 3.49. The molecule has 1 atom stereocenters. The van der Waals surface area contributed by atoms with E-state index in [0.717, 1.165) is 0 Å². The molecule has 0 bridgehead atoms.